The van der Waals surface area contributed by atoms with Crippen molar-refractivity contribution in [3.05, 3.63) is 46.7 Å². The maximum absolute atomic E-state index is 6.06. The van der Waals surface area contributed by atoms with Crippen molar-refractivity contribution in [3.8, 4) is 11.1 Å². The third-order valence-electron chi connectivity index (χ3n) is 2.03. The van der Waals surface area contributed by atoms with E-state index in [1.54, 1.807) is 24.4 Å². The molecule has 4 heteroatoms. The van der Waals surface area contributed by atoms with Crippen molar-refractivity contribution in [2.75, 3.05) is 5.73 Å². The van der Waals surface area contributed by atoms with E-state index >= 15 is 0 Å². The Morgan fingerprint density at radius 1 is 1.07 bits per heavy atom. The molecule has 0 unspecified atom stereocenters. The first-order valence-electron chi connectivity index (χ1n) is 4.34. The zero-order valence-corrected chi connectivity index (χ0v) is 9.26. The molecule has 0 radical (unpaired) electrons. The van der Waals surface area contributed by atoms with Gasteiger partial charge in [-0.1, -0.05) is 23.2 Å². The van der Waals surface area contributed by atoms with E-state index < -0.39 is 0 Å². The van der Waals surface area contributed by atoms with Gasteiger partial charge in [-0.2, -0.15) is 0 Å². The second kappa shape index (κ2) is 4.09. The number of anilines is 1. The Bertz CT molecular complexity index is 498. The predicted molar refractivity (Wildman–Crippen MR) is 64.1 cm³/mol. The number of rotatable bonds is 1. The van der Waals surface area contributed by atoms with Crippen LogP contribution in [0.1, 0.15) is 0 Å². The van der Waals surface area contributed by atoms with E-state index in [4.69, 9.17) is 28.9 Å². The van der Waals surface area contributed by atoms with Gasteiger partial charge in [0.25, 0.3) is 0 Å². The molecule has 0 bridgehead atoms. The van der Waals surface area contributed by atoms with Crippen molar-refractivity contribution in [1.82, 2.24) is 4.98 Å². The van der Waals surface area contributed by atoms with E-state index in [2.05, 4.69) is 4.98 Å². The normalized spacial score (nSPS) is 10.3. The van der Waals surface area contributed by atoms with Crippen LogP contribution in [0.15, 0.2) is 36.5 Å². The molecule has 1 heterocycles. The van der Waals surface area contributed by atoms with Crippen LogP contribution in [-0.2, 0) is 0 Å². The van der Waals surface area contributed by atoms with Crippen LogP contribution in [0.25, 0.3) is 11.1 Å². The molecule has 1 aromatic carbocycles. The summed E-state index contributed by atoms with van der Waals surface area (Å²) in [4.78, 5) is 3.91. The number of nitrogen functional groups attached to an aromatic ring is 1. The largest absolute Gasteiger partial charge is 0.399 e. The molecule has 0 aliphatic rings. The van der Waals surface area contributed by atoms with Crippen LogP contribution in [0.2, 0.25) is 10.2 Å². The molecule has 0 saturated carbocycles. The van der Waals surface area contributed by atoms with E-state index in [9.17, 15) is 0 Å². The van der Waals surface area contributed by atoms with Gasteiger partial charge in [0.15, 0.2) is 0 Å². The number of benzene rings is 1. The summed E-state index contributed by atoms with van der Waals surface area (Å²) >= 11 is 11.9. The van der Waals surface area contributed by atoms with Crippen LogP contribution in [0.3, 0.4) is 0 Å². The van der Waals surface area contributed by atoms with Crippen molar-refractivity contribution in [1.29, 1.82) is 0 Å². The minimum atomic E-state index is 0.436. The average molecular weight is 239 g/mol. The van der Waals surface area contributed by atoms with E-state index in [1.165, 1.54) is 0 Å². The highest BCUT2D eigenvalue weighted by atomic mass is 35.5. The minimum Gasteiger partial charge on any atom is -0.399 e. The lowest BCUT2D eigenvalue weighted by Gasteiger charge is -2.05. The highest BCUT2D eigenvalue weighted by molar-refractivity contribution is 6.33. The summed E-state index contributed by atoms with van der Waals surface area (Å²) in [5.74, 6) is 0. The highest BCUT2D eigenvalue weighted by Gasteiger charge is 2.04. The molecule has 0 spiro atoms. The molecule has 0 fully saturated rings. The second-order valence-corrected chi connectivity index (χ2v) is 3.90. The summed E-state index contributed by atoms with van der Waals surface area (Å²) in [7, 11) is 0. The predicted octanol–water partition coefficient (Wildman–Crippen LogP) is 3.64. The summed E-state index contributed by atoms with van der Waals surface area (Å²) in [6, 6.07) is 8.93. The lowest BCUT2D eigenvalue weighted by molar-refractivity contribution is 1.33. The van der Waals surface area contributed by atoms with Crippen LogP contribution < -0.4 is 5.73 Å². The quantitative estimate of drug-likeness (QED) is 0.609. The molecule has 15 heavy (non-hydrogen) atoms. The molecule has 0 aliphatic heterocycles. The number of aromatic nitrogens is 1. The van der Waals surface area contributed by atoms with Crippen LogP contribution in [0, 0.1) is 0 Å². The van der Waals surface area contributed by atoms with Crippen molar-refractivity contribution in [2.45, 2.75) is 0 Å². The molecule has 0 atom stereocenters. The van der Waals surface area contributed by atoms with Gasteiger partial charge in [0, 0.05) is 22.5 Å². The average Bonchev–Trinajstić information content (AvgIpc) is 2.22. The van der Waals surface area contributed by atoms with Crippen molar-refractivity contribution in [2.24, 2.45) is 0 Å². The van der Waals surface area contributed by atoms with E-state index in [1.807, 2.05) is 12.1 Å². The fourth-order valence-corrected chi connectivity index (χ4v) is 1.73. The van der Waals surface area contributed by atoms with Crippen LogP contribution in [0.5, 0.6) is 0 Å². The Balaban J connectivity index is 2.58. The highest BCUT2D eigenvalue weighted by Crippen LogP contribution is 2.30. The third kappa shape index (κ3) is 2.22. The molecule has 2 N–H and O–H groups in total. The molecule has 0 amide bonds. The molecule has 1 aromatic heterocycles. The van der Waals surface area contributed by atoms with E-state index in [0.29, 0.717) is 15.9 Å². The molecule has 2 rings (SSSR count). The Morgan fingerprint density at radius 3 is 2.60 bits per heavy atom. The van der Waals surface area contributed by atoms with Gasteiger partial charge in [0.05, 0.1) is 0 Å². The van der Waals surface area contributed by atoms with Crippen LogP contribution in [-0.4, -0.2) is 4.98 Å². The number of pyridine rings is 1. The topological polar surface area (TPSA) is 38.9 Å². The monoisotopic (exact) mass is 238 g/mol. The minimum absolute atomic E-state index is 0.436. The van der Waals surface area contributed by atoms with Crippen LogP contribution in [0.4, 0.5) is 5.69 Å². The summed E-state index contributed by atoms with van der Waals surface area (Å²) in [5.41, 5.74) is 8.14. The summed E-state index contributed by atoms with van der Waals surface area (Å²) in [5, 5.41) is 1.08. The molecule has 76 valence electrons. The van der Waals surface area contributed by atoms with Gasteiger partial charge in [-0.3, -0.25) is 0 Å². The Labute approximate surface area is 97.7 Å². The number of hydrogen-bond donors (Lipinski definition) is 1. The lowest BCUT2D eigenvalue weighted by atomic mass is 10.1. The SMILES string of the molecule is Nc1ccc(Cl)c(-c2ccnc(Cl)c2)c1. The van der Waals surface area contributed by atoms with Gasteiger partial charge in [0.1, 0.15) is 5.15 Å². The molecule has 0 aliphatic carbocycles. The zero-order chi connectivity index (χ0) is 10.8. The number of hydrogen-bond acceptors (Lipinski definition) is 2. The maximum Gasteiger partial charge on any atom is 0.129 e. The zero-order valence-electron chi connectivity index (χ0n) is 7.74. The Morgan fingerprint density at radius 2 is 1.87 bits per heavy atom. The smallest absolute Gasteiger partial charge is 0.129 e. The standard InChI is InChI=1S/C11H8Cl2N2/c12-10-2-1-8(14)6-9(10)7-3-4-15-11(13)5-7/h1-6H,14H2. The molecular weight excluding hydrogens is 231 g/mol. The Hall–Kier alpha value is -1.25. The lowest BCUT2D eigenvalue weighted by Crippen LogP contribution is -1.87. The summed E-state index contributed by atoms with van der Waals surface area (Å²) < 4.78 is 0. The van der Waals surface area contributed by atoms with Gasteiger partial charge < -0.3 is 5.73 Å². The molecular formula is C11H8Cl2N2. The van der Waals surface area contributed by atoms with E-state index in [-0.39, 0.29) is 0 Å². The van der Waals surface area contributed by atoms with Crippen LogP contribution >= 0.6 is 23.2 Å². The van der Waals surface area contributed by atoms with Gasteiger partial charge >= 0.3 is 0 Å². The summed E-state index contributed by atoms with van der Waals surface area (Å²) in [6.45, 7) is 0. The molecule has 2 aromatic rings. The first-order chi connectivity index (χ1) is 7.16. The van der Waals surface area contributed by atoms with Gasteiger partial charge in [-0.15, -0.1) is 0 Å². The summed E-state index contributed by atoms with van der Waals surface area (Å²) in [6.07, 6.45) is 1.64. The van der Waals surface area contributed by atoms with Crippen molar-refractivity contribution < 1.29 is 0 Å². The fraction of sp³-hybridized carbons (Fsp3) is 0. The number of nitrogens with zero attached hydrogens (tertiary/aromatic N) is 1. The van der Waals surface area contributed by atoms with Gasteiger partial charge in [-0.05, 0) is 35.9 Å². The molecule has 2 nitrogen and oxygen atoms in total. The Kier molecular flexibility index (Phi) is 2.80. The fourth-order valence-electron chi connectivity index (χ4n) is 1.33. The van der Waals surface area contributed by atoms with Gasteiger partial charge in [-0.25, -0.2) is 4.98 Å². The van der Waals surface area contributed by atoms with Crippen molar-refractivity contribution >= 4 is 28.9 Å². The number of nitrogens with two attached hydrogens (primary N) is 1. The first kappa shape index (κ1) is 10.3. The maximum atomic E-state index is 6.06. The third-order valence-corrected chi connectivity index (χ3v) is 2.56. The van der Waals surface area contributed by atoms with Crippen molar-refractivity contribution in [3.63, 3.8) is 0 Å². The van der Waals surface area contributed by atoms with Gasteiger partial charge in [0.2, 0.25) is 0 Å². The molecule has 0 saturated heterocycles. The number of halogens is 2. The first-order valence-corrected chi connectivity index (χ1v) is 5.09. The van der Waals surface area contributed by atoms with E-state index in [0.717, 1.165) is 11.1 Å². The second-order valence-electron chi connectivity index (χ2n) is 3.11.